The van der Waals surface area contributed by atoms with Crippen LogP contribution in [0.4, 0.5) is 17.1 Å². The molecule has 4 aliphatic rings. The summed E-state index contributed by atoms with van der Waals surface area (Å²) in [4.78, 5) is 44.5. The van der Waals surface area contributed by atoms with Gasteiger partial charge in [0, 0.05) is 41.9 Å². The van der Waals surface area contributed by atoms with E-state index in [1.165, 1.54) is 24.6 Å². The molecular weight excluding hydrogens is 558 g/mol. The van der Waals surface area contributed by atoms with Crippen molar-refractivity contribution in [2.45, 2.75) is 78.7 Å². The lowest BCUT2D eigenvalue weighted by Gasteiger charge is -2.58. The Morgan fingerprint density at radius 3 is 2.47 bits per heavy atom. The number of esters is 1. The Morgan fingerprint density at radius 2 is 1.81 bits per heavy atom. The summed E-state index contributed by atoms with van der Waals surface area (Å²) in [5, 5.41) is 39.1. The molecule has 0 spiro atoms. The Balaban J connectivity index is 1.43. The molecule has 8 atom stereocenters. The van der Waals surface area contributed by atoms with Crippen LogP contribution in [-0.2, 0) is 9.53 Å². The topological polar surface area (TPSA) is 180 Å². The van der Waals surface area contributed by atoms with Crippen molar-refractivity contribution in [2.24, 2.45) is 45.5 Å². The average Bonchev–Trinajstić information content (AvgIpc) is 3.22. The zero-order valence-electron chi connectivity index (χ0n) is 25.0. The first-order chi connectivity index (χ1) is 20.2. The molecule has 0 aromatic heterocycles. The number of hydrogen-bond donors (Lipinski definition) is 1. The number of nitro groups is 3. The van der Waals surface area contributed by atoms with Gasteiger partial charge in [-0.15, -0.1) is 0 Å². The van der Waals surface area contributed by atoms with Crippen LogP contribution >= 0.6 is 0 Å². The smallest absolute Gasteiger partial charge is 0.302 e. The summed E-state index contributed by atoms with van der Waals surface area (Å²) in [6, 6.07) is 3.33. The number of hydrazone groups is 1. The van der Waals surface area contributed by atoms with E-state index in [2.05, 4.69) is 30.5 Å². The van der Waals surface area contributed by atoms with Crippen LogP contribution in [0, 0.1) is 70.8 Å². The van der Waals surface area contributed by atoms with Crippen molar-refractivity contribution < 1.29 is 24.3 Å². The maximum Gasteiger partial charge on any atom is 0.302 e. The number of fused-ring (bicyclic) bond motifs is 5. The fourth-order valence-electron chi connectivity index (χ4n) is 9.43. The van der Waals surface area contributed by atoms with E-state index < -0.39 is 21.2 Å². The van der Waals surface area contributed by atoms with E-state index >= 15 is 0 Å². The molecule has 0 bridgehead atoms. The molecule has 1 aromatic rings. The first-order valence-electron chi connectivity index (χ1n) is 15.0. The first-order valence-corrected chi connectivity index (χ1v) is 15.0. The van der Waals surface area contributed by atoms with Crippen LogP contribution in [0.25, 0.3) is 0 Å². The summed E-state index contributed by atoms with van der Waals surface area (Å²) >= 11 is 0. The molecule has 232 valence electrons. The molecule has 1 aromatic carbocycles. The summed E-state index contributed by atoms with van der Waals surface area (Å²) in [7, 11) is 0. The Hall–Kier alpha value is -3.90. The number of rotatable bonds is 8. The fourth-order valence-corrected chi connectivity index (χ4v) is 9.43. The van der Waals surface area contributed by atoms with Crippen molar-refractivity contribution in [1.82, 2.24) is 0 Å². The Kier molecular flexibility index (Phi) is 8.03. The minimum Gasteiger partial charge on any atom is -0.462 e. The predicted octanol–water partition coefficient (Wildman–Crippen LogP) is 6.30. The van der Waals surface area contributed by atoms with Crippen molar-refractivity contribution in [2.75, 3.05) is 12.0 Å². The van der Waals surface area contributed by atoms with Crippen molar-refractivity contribution in [3.05, 3.63) is 60.2 Å². The SMILES string of the molecule is CC(=O)O[C@H]1CC[C@@]2(C)C(=CC[C@@H]3[C@H]4C[C@@H](C[N+](=O)[O-])[C@H](/C(C)=N/Nc5ccc([N+](=O)[O-])cc5[N+](=O)[O-])[C@@]4(C)CC[C@H]32)C1. The molecular formula is C30H39N5O8. The van der Waals surface area contributed by atoms with E-state index in [1.807, 2.05) is 6.92 Å². The van der Waals surface area contributed by atoms with Gasteiger partial charge in [-0.1, -0.05) is 25.5 Å². The third-order valence-corrected chi connectivity index (χ3v) is 11.1. The number of carbonyl (C=O) groups is 1. The quantitative estimate of drug-likeness (QED) is 0.118. The van der Waals surface area contributed by atoms with Gasteiger partial charge in [-0.05, 0) is 80.1 Å². The van der Waals surface area contributed by atoms with Gasteiger partial charge in [0.1, 0.15) is 11.8 Å². The predicted molar refractivity (Wildman–Crippen MR) is 158 cm³/mol. The number of benzene rings is 1. The fraction of sp³-hybridized carbons (Fsp3) is 0.667. The van der Waals surface area contributed by atoms with Crippen molar-refractivity contribution in [1.29, 1.82) is 0 Å². The molecule has 43 heavy (non-hydrogen) atoms. The maximum atomic E-state index is 11.8. The molecule has 1 N–H and O–H groups in total. The van der Waals surface area contributed by atoms with Crippen molar-refractivity contribution in [3.8, 4) is 0 Å². The molecule has 0 aliphatic heterocycles. The molecule has 0 unspecified atom stereocenters. The minimum atomic E-state index is -0.699. The van der Waals surface area contributed by atoms with Gasteiger partial charge in [-0.2, -0.15) is 5.10 Å². The van der Waals surface area contributed by atoms with Crippen LogP contribution in [0.3, 0.4) is 0 Å². The minimum absolute atomic E-state index is 0.0110. The van der Waals surface area contributed by atoms with Gasteiger partial charge in [-0.3, -0.25) is 40.6 Å². The van der Waals surface area contributed by atoms with Crippen molar-refractivity contribution >= 4 is 28.7 Å². The Morgan fingerprint density at radius 1 is 1.07 bits per heavy atom. The monoisotopic (exact) mass is 597 g/mol. The van der Waals surface area contributed by atoms with Crippen LogP contribution in [0.2, 0.25) is 0 Å². The number of nitrogens with one attached hydrogen (secondary N) is 1. The lowest BCUT2D eigenvalue weighted by molar-refractivity contribution is -0.489. The first kappa shape index (κ1) is 30.6. The highest BCUT2D eigenvalue weighted by Crippen LogP contribution is 2.67. The number of anilines is 1. The average molecular weight is 598 g/mol. The van der Waals surface area contributed by atoms with E-state index in [0.717, 1.165) is 44.6 Å². The zero-order chi connectivity index (χ0) is 31.3. The third-order valence-electron chi connectivity index (χ3n) is 11.1. The molecule has 0 radical (unpaired) electrons. The number of nitrogens with zero attached hydrogens (tertiary/aromatic N) is 4. The number of non-ortho nitro benzene ring substituents is 1. The lowest BCUT2D eigenvalue weighted by Crippen LogP contribution is -2.51. The highest BCUT2D eigenvalue weighted by Gasteiger charge is 2.62. The van der Waals surface area contributed by atoms with Crippen LogP contribution < -0.4 is 5.43 Å². The highest BCUT2D eigenvalue weighted by molar-refractivity contribution is 5.87. The summed E-state index contributed by atoms with van der Waals surface area (Å²) in [6.45, 7) is 7.66. The molecule has 0 heterocycles. The second-order valence-electron chi connectivity index (χ2n) is 13.3. The van der Waals surface area contributed by atoms with E-state index in [4.69, 9.17) is 4.74 Å². The van der Waals surface area contributed by atoms with Crippen LogP contribution in [0.1, 0.15) is 72.6 Å². The Bertz CT molecular complexity index is 1410. The maximum absolute atomic E-state index is 11.8. The van der Waals surface area contributed by atoms with Gasteiger partial charge in [0.2, 0.25) is 6.54 Å². The number of ether oxygens (including phenoxy) is 1. The highest BCUT2D eigenvalue weighted by atomic mass is 16.6. The van der Waals surface area contributed by atoms with Gasteiger partial charge >= 0.3 is 11.7 Å². The summed E-state index contributed by atoms with van der Waals surface area (Å²) in [5.41, 5.74) is 3.69. The van der Waals surface area contributed by atoms with Crippen LogP contribution in [0.15, 0.2) is 34.9 Å². The van der Waals surface area contributed by atoms with Crippen molar-refractivity contribution in [3.63, 3.8) is 0 Å². The lowest BCUT2D eigenvalue weighted by atomic mass is 9.47. The third kappa shape index (κ3) is 5.49. The zero-order valence-corrected chi connectivity index (χ0v) is 25.0. The normalized spacial score (nSPS) is 35.1. The molecule has 4 aliphatic carbocycles. The molecule has 13 heteroatoms. The molecule has 5 rings (SSSR count). The van der Waals surface area contributed by atoms with E-state index in [1.54, 1.807) is 0 Å². The molecule has 3 saturated carbocycles. The molecule has 0 saturated heterocycles. The number of nitro benzene ring substituents is 2. The van der Waals surface area contributed by atoms with E-state index in [-0.39, 0.29) is 57.8 Å². The van der Waals surface area contributed by atoms with Crippen LogP contribution in [0.5, 0.6) is 0 Å². The standard InChI is InChI=1S/C30H39N5O8/c1-17(31-32-26-8-6-21(34(39)40)15-27(26)35(41)42)28-19(16-33(37)38)13-25-23-7-5-20-14-22(43-18(2)36)9-11-29(20,3)24(23)10-12-30(25,28)4/h5-6,8,15,19,22-25,28,32H,7,9-14,16H2,1-4H3/b31-17+/t19-,22-,23-,24+,25+,28-,29-,30-/m0/s1. The Labute approximate surface area is 249 Å². The largest absolute Gasteiger partial charge is 0.462 e. The number of allylic oxidation sites excluding steroid dienone is 1. The summed E-state index contributed by atoms with van der Waals surface area (Å²) in [5.74, 6) is 0.372. The second kappa shape index (κ2) is 11.3. The van der Waals surface area contributed by atoms with Gasteiger partial charge in [-0.25, -0.2) is 0 Å². The van der Waals surface area contributed by atoms with E-state index in [0.29, 0.717) is 24.0 Å². The number of carbonyl (C=O) groups excluding carboxylic acids is 1. The van der Waals surface area contributed by atoms with Gasteiger partial charge in [0.05, 0.1) is 15.9 Å². The molecule has 13 nitrogen and oxygen atoms in total. The van der Waals surface area contributed by atoms with Gasteiger partial charge in [0.25, 0.3) is 5.69 Å². The molecule has 3 fully saturated rings. The van der Waals surface area contributed by atoms with Gasteiger partial charge < -0.3 is 4.74 Å². The second-order valence-corrected chi connectivity index (χ2v) is 13.3. The van der Waals surface area contributed by atoms with Gasteiger partial charge in [0.15, 0.2) is 0 Å². The molecule has 0 amide bonds. The summed E-state index contributed by atoms with van der Waals surface area (Å²) in [6.07, 6.45) is 8.28. The van der Waals surface area contributed by atoms with E-state index in [9.17, 15) is 35.1 Å². The van der Waals surface area contributed by atoms with Crippen LogP contribution in [-0.4, -0.2) is 39.1 Å². The summed E-state index contributed by atoms with van der Waals surface area (Å²) < 4.78 is 5.56. The number of hydrogen-bond acceptors (Lipinski definition) is 10.